The summed E-state index contributed by atoms with van der Waals surface area (Å²) < 4.78 is 1.41. The van der Waals surface area contributed by atoms with E-state index in [0.717, 1.165) is 0 Å². The Kier molecular flexibility index (Phi) is 2.25. The van der Waals surface area contributed by atoms with Crippen LogP contribution in [0, 0.1) is 0 Å². The van der Waals surface area contributed by atoms with Crippen LogP contribution in [0.15, 0.2) is 27.8 Å². The highest BCUT2D eigenvalue weighted by atomic mass is 32.2. The molecule has 5 heteroatoms. The number of carbonyl (C=O) groups excluding carboxylic acids is 1. The van der Waals surface area contributed by atoms with Crippen LogP contribution in [0.4, 0.5) is 0 Å². The number of thioether (sulfide) groups is 1. The van der Waals surface area contributed by atoms with Gasteiger partial charge in [-0.25, -0.2) is 4.98 Å². The Labute approximate surface area is 84.7 Å². The third-order valence-corrected chi connectivity index (χ3v) is 2.96. The normalized spacial score (nSPS) is 14.5. The average molecular weight is 208 g/mol. The number of rotatable bonds is 1. The third-order valence-electron chi connectivity index (χ3n) is 1.94. The van der Waals surface area contributed by atoms with E-state index >= 15 is 0 Å². The van der Waals surface area contributed by atoms with Crippen LogP contribution in [0.1, 0.15) is 6.92 Å². The summed E-state index contributed by atoms with van der Waals surface area (Å²) >= 11 is 1.40. The zero-order chi connectivity index (χ0) is 10.1. The zero-order valence-corrected chi connectivity index (χ0v) is 8.37. The maximum atomic E-state index is 11.4. The second-order valence-corrected chi connectivity index (χ2v) is 3.88. The predicted octanol–water partition coefficient (Wildman–Crippen LogP) is 0.779. The van der Waals surface area contributed by atoms with E-state index in [1.807, 2.05) is 0 Å². The maximum absolute atomic E-state index is 11.4. The Balaban J connectivity index is 2.58. The minimum Gasteiger partial charge on any atom is -0.295 e. The first kappa shape index (κ1) is 9.21. The molecule has 0 fully saturated rings. The van der Waals surface area contributed by atoms with E-state index in [9.17, 15) is 9.59 Å². The minimum atomic E-state index is -0.152. The van der Waals surface area contributed by atoms with Gasteiger partial charge in [0.05, 0.1) is 0 Å². The fourth-order valence-corrected chi connectivity index (χ4v) is 2.13. The lowest BCUT2D eigenvalue weighted by Crippen LogP contribution is -2.21. The van der Waals surface area contributed by atoms with E-state index in [1.165, 1.54) is 35.5 Å². The van der Waals surface area contributed by atoms with Crippen LogP contribution in [0.25, 0.3) is 6.20 Å². The fraction of sp³-hybridized carbons (Fsp3) is 0.222. The summed E-state index contributed by atoms with van der Waals surface area (Å²) in [7, 11) is 0. The Morgan fingerprint density at radius 3 is 3.14 bits per heavy atom. The Morgan fingerprint density at radius 2 is 2.43 bits per heavy atom. The summed E-state index contributed by atoms with van der Waals surface area (Å²) in [6, 6.07) is 1.38. The summed E-state index contributed by atoms with van der Waals surface area (Å²) in [5.74, 6) is 0.588. The molecule has 0 aliphatic carbocycles. The van der Waals surface area contributed by atoms with Crippen molar-refractivity contribution in [3.8, 4) is 0 Å². The average Bonchev–Trinajstić information content (AvgIpc) is 2.18. The number of Topliss-reactive ketones (excluding diaryl/α,β-unsaturated/α-hetero) is 1. The van der Waals surface area contributed by atoms with E-state index in [0.29, 0.717) is 16.5 Å². The molecule has 1 aromatic rings. The molecule has 0 aromatic carbocycles. The minimum absolute atomic E-state index is 0.00102. The summed E-state index contributed by atoms with van der Waals surface area (Å²) in [6.07, 6.45) is 3.05. The lowest BCUT2D eigenvalue weighted by atomic mass is 10.2. The molecule has 0 bridgehead atoms. The standard InChI is InChI=1S/C9H8N2O2S/c1-6(12)7-4-11-8(13)2-3-10-9(11)14-5-7/h2-4H,5H2,1H3. The van der Waals surface area contributed by atoms with Gasteiger partial charge in [-0.2, -0.15) is 0 Å². The van der Waals surface area contributed by atoms with Gasteiger partial charge in [0.1, 0.15) is 0 Å². The lowest BCUT2D eigenvalue weighted by molar-refractivity contribution is -0.113. The van der Waals surface area contributed by atoms with Crippen molar-refractivity contribution in [3.05, 3.63) is 28.2 Å². The van der Waals surface area contributed by atoms with Crippen molar-refractivity contribution in [2.45, 2.75) is 12.1 Å². The molecule has 4 nitrogen and oxygen atoms in total. The Morgan fingerprint density at radius 1 is 1.64 bits per heavy atom. The van der Waals surface area contributed by atoms with Crippen molar-refractivity contribution in [2.75, 3.05) is 5.75 Å². The van der Waals surface area contributed by atoms with Gasteiger partial charge < -0.3 is 0 Å². The monoisotopic (exact) mass is 208 g/mol. The van der Waals surface area contributed by atoms with Crippen LogP contribution in [-0.2, 0) is 4.79 Å². The quantitative estimate of drug-likeness (QED) is 0.640. The molecule has 1 aromatic heterocycles. The topological polar surface area (TPSA) is 52.0 Å². The molecule has 0 saturated heterocycles. The van der Waals surface area contributed by atoms with E-state index < -0.39 is 0 Å². The molecule has 0 spiro atoms. The molecular weight excluding hydrogens is 200 g/mol. The van der Waals surface area contributed by atoms with Crippen LogP contribution in [0.3, 0.4) is 0 Å². The molecule has 1 aliphatic heterocycles. The van der Waals surface area contributed by atoms with Crippen molar-refractivity contribution >= 4 is 23.7 Å². The molecule has 72 valence electrons. The van der Waals surface area contributed by atoms with Gasteiger partial charge >= 0.3 is 0 Å². The second kappa shape index (κ2) is 3.42. The first-order chi connectivity index (χ1) is 6.68. The van der Waals surface area contributed by atoms with Crippen LogP contribution in [0.2, 0.25) is 0 Å². The van der Waals surface area contributed by atoms with Crippen molar-refractivity contribution in [2.24, 2.45) is 0 Å². The zero-order valence-electron chi connectivity index (χ0n) is 7.56. The van der Waals surface area contributed by atoms with Crippen LogP contribution >= 0.6 is 11.8 Å². The van der Waals surface area contributed by atoms with Gasteiger partial charge in [-0.05, 0) is 6.92 Å². The fourth-order valence-electron chi connectivity index (χ4n) is 1.16. The van der Waals surface area contributed by atoms with Crippen molar-refractivity contribution < 1.29 is 4.79 Å². The van der Waals surface area contributed by atoms with E-state index in [4.69, 9.17) is 0 Å². The van der Waals surface area contributed by atoms with Gasteiger partial charge in [-0.3, -0.25) is 14.2 Å². The highest BCUT2D eigenvalue weighted by Crippen LogP contribution is 2.22. The molecular formula is C9H8N2O2S. The molecule has 0 unspecified atom stereocenters. The molecule has 2 heterocycles. The number of carbonyl (C=O) groups is 1. The molecule has 2 rings (SSSR count). The number of hydrogen-bond acceptors (Lipinski definition) is 4. The number of hydrogen-bond donors (Lipinski definition) is 0. The van der Waals surface area contributed by atoms with Gasteiger partial charge in [0.25, 0.3) is 5.56 Å². The van der Waals surface area contributed by atoms with Gasteiger partial charge in [-0.15, -0.1) is 0 Å². The summed E-state index contributed by atoms with van der Waals surface area (Å²) in [4.78, 5) is 26.5. The van der Waals surface area contributed by atoms with Crippen LogP contribution < -0.4 is 5.56 Å². The molecule has 0 saturated carbocycles. The predicted molar refractivity (Wildman–Crippen MR) is 54.2 cm³/mol. The highest BCUT2D eigenvalue weighted by molar-refractivity contribution is 7.99. The van der Waals surface area contributed by atoms with Crippen molar-refractivity contribution in [1.82, 2.24) is 9.55 Å². The summed E-state index contributed by atoms with van der Waals surface area (Å²) in [6.45, 7) is 1.50. The summed E-state index contributed by atoms with van der Waals surface area (Å²) in [5, 5.41) is 0.641. The summed E-state index contributed by atoms with van der Waals surface area (Å²) in [5.41, 5.74) is 0.499. The van der Waals surface area contributed by atoms with Gasteiger partial charge in [0.2, 0.25) is 0 Å². The molecule has 14 heavy (non-hydrogen) atoms. The molecule has 0 radical (unpaired) electrons. The second-order valence-electron chi connectivity index (χ2n) is 2.93. The van der Waals surface area contributed by atoms with E-state index in [1.54, 1.807) is 6.20 Å². The number of aromatic nitrogens is 2. The Bertz CT molecular complexity index is 476. The van der Waals surface area contributed by atoms with Crippen molar-refractivity contribution in [1.29, 1.82) is 0 Å². The molecule has 0 amide bonds. The van der Waals surface area contributed by atoms with E-state index in [-0.39, 0.29) is 11.3 Å². The van der Waals surface area contributed by atoms with Crippen LogP contribution in [-0.4, -0.2) is 21.1 Å². The molecule has 0 N–H and O–H groups in total. The first-order valence-electron chi connectivity index (χ1n) is 4.10. The highest BCUT2D eigenvalue weighted by Gasteiger charge is 2.14. The van der Waals surface area contributed by atoms with Crippen molar-refractivity contribution in [3.63, 3.8) is 0 Å². The first-order valence-corrected chi connectivity index (χ1v) is 5.09. The largest absolute Gasteiger partial charge is 0.295 e. The lowest BCUT2D eigenvalue weighted by Gasteiger charge is -2.13. The van der Waals surface area contributed by atoms with Gasteiger partial charge in [0.15, 0.2) is 10.9 Å². The SMILES string of the molecule is CC(=O)C1=Cn2c(nccc2=O)SC1. The number of nitrogens with zero attached hydrogens (tertiary/aromatic N) is 2. The third kappa shape index (κ3) is 1.50. The van der Waals surface area contributed by atoms with Crippen LogP contribution in [0.5, 0.6) is 0 Å². The number of ketones is 1. The Hall–Kier alpha value is -1.36. The molecule has 0 atom stereocenters. The maximum Gasteiger partial charge on any atom is 0.258 e. The molecule has 1 aliphatic rings. The smallest absolute Gasteiger partial charge is 0.258 e. The van der Waals surface area contributed by atoms with Gasteiger partial charge in [-0.1, -0.05) is 11.8 Å². The van der Waals surface area contributed by atoms with E-state index in [2.05, 4.69) is 4.98 Å². The number of fused-ring (bicyclic) bond motifs is 1. The van der Waals surface area contributed by atoms with Gasteiger partial charge in [0, 0.05) is 29.8 Å².